The molecule has 0 amide bonds. The van der Waals surface area contributed by atoms with Crippen molar-refractivity contribution in [1.82, 2.24) is 9.55 Å². The fourth-order valence-electron chi connectivity index (χ4n) is 2.14. The Morgan fingerprint density at radius 1 is 1.15 bits per heavy atom. The van der Waals surface area contributed by atoms with Crippen LogP contribution in [0.1, 0.15) is 5.56 Å². The number of H-pyrrole nitrogens is 1. The standard InChI is InChI=1S/C14H9Cl2FN2S/c1-7-2-3-8(15)12(4-7)19-13-5-9(16)10(17)6-11(13)18-14(19)20/h2-6H,1H3,(H,18,20). The number of rotatable bonds is 1. The number of benzene rings is 2. The van der Waals surface area contributed by atoms with E-state index in [0.29, 0.717) is 20.8 Å². The summed E-state index contributed by atoms with van der Waals surface area (Å²) in [5, 5.41) is 0.608. The molecule has 6 heteroatoms. The van der Waals surface area contributed by atoms with Gasteiger partial charge in [-0.3, -0.25) is 4.57 Å². The first-order valence-electron chi connectivity index (χ1n) is 5.83. The predicted octanol–water partition coefficient (Wildman–Crippen LogP) is 5.44. The fourth-order valence-corrected chi connectivity index (χ4v) is 2.80. The Hall–Kier alpha value is -1.36. The Morgan fingerprint density at radius 2 is 1.90 bits per heavy atom. The molecule has 1 aromatic heterocycles. The molecule has 0 spiro atoms. The molecule has 3 aromatic rings. The highest BCUT2D eigenvalue weighted by atomic mass is 35.5. The predicted molar refractivity (Wildman–Crippen MR) is 83.2 cm³/mol. The molecule has 102 valence electrons. The highest BCUT2D eigenvalue weighted by molar-refractivity contribution is 7.71. The molecule has 0 atom stereocenters. The van der Waals surface area contributed by atoms with Gasteiger partial charge < -0.3 is 4.98 Å². The van der Waals surface area contributed by atoms with E-state index < -0.39 is 5.82 Å². The van der Waals surface area contributed by atoms with Crippen LogP contribution >= 0.6 is 35.4 Å². The van der Waals surface area contributed by atoms with Gasteiger partial charge in [0.2, 0.25) is 0 Å². The van der Waals surface area contributed by atoms with E-state index in [-0.39, 0.29) is 5.02 Å². The molecule has 2 nitrogen and oxygen atoms in total. The number of imidazole rings is 1. The third-order valence-electron chi connectivity index (χ3n) is 3.07. The van der Waals surface area contributed by atoms with Gasteiger partial charge in [0.1, 0.15) is 5.82 Å². The van der Waals surface area contributed by atoms with E-state index in [1.165, 1.54) is 12.1 Å². The van der Waals surface area contributed by atoms with E-state index in [0.717, 1.165) is 11.3 Å². The second-order valence-electron chi connectivity index (χ2n) is 4.50. The maximum atomic E-state index is 13.5. The maximum Gasteiger partial charge on any atom is 0.182 e. The van der Waals surface area contributed by atoms with Crippen molar-refractivity contribution >= 4 is 46.5 Å². The van der Waals surface area contributed by atoms with Crippen molar-refractivity contribution in [3.63, 3.8) is 0 Å². The molecule has 0 fully saturated rings. The Morgan fingerprint density at radius 3 is 2.65 bits per heavy atom. The number of hydrogen-bond donors (Lipinski definition) is 1. The van der Waals surface area contributed by atoms with Crippen molar-refractivity contribution in [1.29, 1.82) is 0 Å². The quantitative estimate of drug-likeness (QED) is 0.590. The van der Waals surface area contributed by atoms with E-state index in [4.69, 9.17) is 35.4 Å². The molecule has 0 saturated heterocycles. The molecule has 0 saturated carbocycles. The van der Waals surface area contributed by atoms with Gasteiger partial charge in [-0.2, -0.15) is 0 Å². The van der Waals surface area contributed by atoms with Crippen LogP contribution in [-0.4, -0.2) is 9.55 Å². The normalized spacial score (nSPS) is 11.2. The van der Waals surface area contributed by atoms with Crippen molar-refractivity contribution in [2.24, 2.45) is 0 Å². The molecule has 0 radical (unpaired) electrons. The Kier molecular flexibility index (Phi) is 3.32. The largest absolute Gasteiger partial charge is 0.330 e. The minimum absolute atomic E-state index is 0.0454. The summed E-state index contributed by atoms with van der Waals surface area (Å²) in [6.07, 6.45) is 0. The van der Waals surface area contributed by atoms with Gasteiger partial charge in [0.15, 0.2) is 4.77 Å². The number of nitrogens with zero attached hydrogens (tertiary/aromatic N) is 1. The molecule has 0 unspecified atom stereocenters. The molecule has 1 N–H and O–H groups in total. The first-order chi connectivity index (χ1) is 9.47. The van der Waals surface area contributed by atoms with Crippen LogP contribution in [-0.2, 0) is 0 Å². The highest BCUT2D eigenvalue weighted by Crippen LogP contribution is 2.29. The van der Waals surface area contributed by atoms with Crippen molar-refractivity contribution in [2.75, 3.05) is 0 Å². The molecule has 0 bridgehead atoms. The van der Waals surface area contributed by atoms with Crippen LogP contribution in [0.25, 0.3) is 16.7 Å². The number of aromatic nitrogens is 2. The van der Waals surface area contributed by atoms with Crippen LogP contribution in [0.3, 0.4) is 0 Å². The number of hydrogen-bond acceptors (Lipinski definition) is 1. The van der Waals surface area contributed by atoms with Gasteiger partial charge in [-0.1, -0.05) is 29.3 Å². The van der Waals surface area contributed by atoms with Crippen molar-refractivity contribution in [2.45, 2.75) is 6.92 Å². The topological polar surface area (TPSA) is 20.7 Å². The average molecular weight is 327 g/mol. The number of nitrogens with one attached hydrogen (secondary N) is 1. The SMILES string of the molecule is Cc1ccc(Cl)c(-n2c(=S)[nH]c3cc(F)c(Cl)cc32)c1. The third kappa shape index (κ3) is 2.14. The lowest BCUT2D eigenvalue weighted by Gasteiger charge is -2.08. The first-order valence-corrected chi connectivity index (χ1v) is 7.00. The van der Waals surface area contributed by atoms with Crippen LogP contribution in [0.15, 0.2) is 30.3 Å². The fraction of sp³-hybridized carbons (Fsp3) is 0.0714. The lowest BCUT2D eigenvalue weighted by atomic mass is 10.2. The van der Waals surface area contributed by atoms with E-state index >= 15 is 0 Å². The van der Waals surface area contributed by atoms with E-state index in [1.807, 2.05) is 19.1 Å². The zero-order chi connectivity index (χ0) is 14.4. The summed E-state index contributed by atoms with van der Waals surface area (Å²) in [4.78, 5) is 2.96. The molecule has 3 rings (SSSR count). The zero-order valence-electron chi connectivity index (χ0n) is 10.4. The Labute approximate surface area is 129 Å². The number of aryl methyl sites for hydroxylation is 1. The van der Waals surface area contributed by atoms with Gasteiger partial charge in [-0.15, -0.1) is 0 Å². The monoisotopic (exact) mass is 326 g/mol. The van der Waals surface area contributed by atoms with E-state index in [9.17, 15) is 4.39 Å². The number of fused-ring (bicyclic) bond motifs is 1. The van der Waals surface area contributed by atoms with Gasteiger partial charge >= 0.3 is 0 Å². The average Bonchev–Trinajstić information content (AvgIpc) is 2.69. The molecule has 0 aliphatic heterocycles. The van der Waals surface area contributed by atoms with E-state index in [1.54, 1.807) is 10.6 Å². The summed E-state index contributed by atoms with van der Waals surface area (Å²) < 4.78 is 15.7. The molecule has 0 aliphatic carbocycles. The van der Waals surface area contributed by atoms with Crippen molar-refractivity contribution in [3.05, 3.63) is 56.5 Å². The van der Waals surface area contributed by atoms with Gasteiger partial charge in [0.25, 0.3) is 0 Å². The van der Waals surface area contributed by atoms with Gasteiger partial charge in [0.05, 0.1) is 26.8 Å². The third-order valence-corrected chi connectivity index (χ3v) is 3.96. The van der Waals surface area contributed by atoms with Gasteiger partial charge in [-0.05, 0) is 42.9 Å². The van der Waals surface area contributed by atoms with Crippen LogP contribution in [0.2, 0.25) is 10.0 Å². The van der Waals surface area contributed by atoms with Crippen molar-refractivity contribution < 1.29 is 4.39 Å². The smallest absolute Gasteiger partial charge is 0.182 e. The molecular formula is C14H9Cl2FN2S. The van der Waals surface area contributed by atoms with Crippen LogP contribution < -0.4 is 0 Å². The summed E-state index contributed by atoms with van der Waals surface area (Å²) in [5.41, 5.74) is 3.06. The summed E-state index contributed by atoms with van der Waals surface area (Å²) >= 11 is 17.4. The second kappa shape index (κ2) is 4.88. The molecule has 20 heavy (non-hydrogen) atoms. The van der Waals surface area contributed by atoms with Gasteiger partial charge in [-0.25, -0.2) is 4.39 Å². The van der Waals surface area contributed by atoms with Crippen LogP contribution in [0.5, 0.6) is 0 Å². The summed E-state index contributed by atoms with van der Waals surface area (Å²) in [7, 11) is 0. The minimum Gasteiger partial charge on any atom is -0.330 e. The summed E-state index contributed by atoms with van der Waals surface area (Å²) in [6.45, 7) is 1.96. The van der Waals surface area contributed by atoms with Crippen LogP contribution in [0, 0.1) is 17.5 Å². The molecule has 0 aliphatic rings. The van der Waals surface area contributed by atoms with Crippen LogP contribution in [0.4, 0.5) is 4.39 Å². The van der Waals surface area contributed by atoms with Gasteiger partial charge in [0, 0.05) is 6.07 Å². The molecular weight excluding hydrogens is 318 g/mol. The maximum absolute atomic E-state index is 13.5. The second-order valence-corrected chi connectivity index (χ2v) is 5.70. The van der Waals surface area contributed by atoms with Crippen molar-refractivity contribution in [3.8, 4) is 5.69 Å². The Balaban J connectivity index is 2.42. The zero-order valence-corrected chi connectivity index (χ0v) is 12.7. The number of halogens is 3. The lowest BCUT2D eigenvalue weighted by molar-refractivity contribution is 0.630. The molecule has 1 heterocycles. The summed E-state index contributed by atoms with van der Waals surface area (Å²) in [5.74, 6) is -0.488. The summed E-state index contributed by atoms with van der Waals surface area (Å²) in [6, 6.07) is 8.50. The Bertz CT molecular complexity index is 883. The lowest BCUT2D eigenvalue weighted by Crippen LogP contribution is -1.96. The van der Waals surface area contributed by atoms with E-state index in [2.05, 4.69) is 4.98 Å². The minimum atomic E-state index is -0.488. The number of aromatic amines is 1. The highest BCUT2D eigenvalue weighted by Gasteiger charge is 2.12. The first kappa shape index (κ1) is 13.6. The molecule has 2 aromatic carbocycles.